The van der Waals surface area contributed by atoms with Gasteiger partial charge in [-0.2, -0.15) is 10.1 Å². The van der Waals surface area contributed by atoms with Gasteiger partial charge in [-0.05, 0) is 105 Å². The van der Waals surface area contributed by atoms with Gasteiger partial charge < -0.3 is 9.64 Å². The number of benzene rings is 3. The van der Waals surface area contributed by atoms with Crippen LogP contribution in [0.1, 0.15) is 56.7 Å². The highest BCUT2D eigenvalue weighted by Crippen LogP contribution is 2.38. The summed E-state index contributed by atoms with van der Waals surface area (Å²) in [5.41, 5.74) is 5.82. The molecule has 0 N–H and O–H groups in total. The molecule has 0 aliphatic carbocycles. The van der Waals surface area contributed by atoms with Crippen LogP contribution in [0.2, 0.25) is 0 Å². The maximum atomic E-state index is 12.7. The number of hydrazone groups is 1. The van der Waals surface area contributed by atoms with E-state index in [1.807, 2.05) is 81.4 Å². The Morgan fingerprint density at radius 1 is 1.07 bits per heavy atom. The fraction of sp³-hybridized carbons (Fsp3) is 0.312. The molecule has 40 heavy (non-hydrogen) atoms. The zero-order valence-corrected chi connectivity index (χ0v) is 24.2. The molecular weight excluding hydrogens is 520 g/mol. The maximum Gasteiger partial charge on any atom is 0.309 e. The number of fused-ring (bicyclic) bond motifs is 1. The Bertz CT molecular complexity index is 1470. The summed E-state index contributed by atoms with van der Waals surface area (Å²) >= 11 is 1.15. The number of aryl methyl sites for hydroxylation is 1. The van der Waals surface area contributed by atoms with Gasteiger partial charge in [0.15, 0.2) is 0 Å². The molecule has 0 spiro atoms. The van der Waals surface area contributed by atoms with E-state index >= 15 is 0 Å². The molecular formula is C32H34N4O3S. The molecule has 8 heteroatoms. The summed E-state index contributed by atoms with van der Waals surface area (Å²) in [4.78, 5) is 32.7. The summed E-state index contributed by atoms with van der Waals surface area (Å²) in [7, 11) is 1.66. The van der Waals surface area contributed by atoms with E-state index < -0.39 is 4.75 Å². The molecule has 7 nitrogen and oxygen atoms in total. The normalized spacial score (nSPS) is 16.9. The van der Waals surface area contributed by atoms with Crippen LogP contribution in [0.15, 0.2) is 82.9 Å². The lowest BCUT2D eigenvalue weighted by Crippen LogP contribution is -2.43. The molecule has 0 saturated carbocycles. The molecule has 0 radical (unpaired) electrons. The number of carbonyl (C=O) groups is 2. The van der Waals surface area contributed by atoms with Crippen molar-refractivity contribution in [2.45, 2.75) is 51.2 Å². The molecule has 2 aliphatic rings. The van der Waals surface area contributed by atoms with Crippen molar-refractivity contribution < 1.29 is 14.3 Å². The van der Waals surface area contributed by atoms with Gasteiger partial charge in [-0.1, -0.05) is 31.2 Å². The Labute approximate surface area is 239 Å². The number of aliphatic imine (C=N–C) groups is 1. The third-order valence-electron chi connectivity index (χ3n) is 7.05. The number of methoxy groups -OCH3 is 1. The second-order valence-electron chi connectivity index (χ2n) is 10.4. The molecule has 2 aliphatic heterocycles. The molecule has 3 aromatic carbocycles. The minimum Gasteiger partial charge on any atom is -0.497 e. The van der Waals surface area contributed by atoms with Crippen LogP contribution in [-0.4, -0.2) is 46.1 Å². The van der Waals surface area contributed by atoms with E-state index in [2.05, 4.69) is 22.1 Å². The van der Waals surface area contributed by atoms with Crippen LogP contribution < -0.4 is 9.64 Å². The first kappa shape index (κ1) is 27.6. The standard InChI is InChI=1S/C32H34N4O3S/c1-5-10-28(37)36-31(38)40-32(2,3)29(34-36)24-16-19-27-23(21-24)11-9-20-35(27)30(33-25-12-7-6-8-13-25)22-14-17-26(39-4)18-15-22/h6-8,12-19,21H,5,9-11,20H2,1-4H3/b33-30-. The van der Waals surface area contributed by atoms with Crippen molar-refractivity contribution in [3.8, 4) is 5.75 Å². The van der Waals surface area contributed by atoms with Gasteiger partial charge in [-0.25, -0.2) is 4.99 Å². The smallest absolute Gasteiger partial charge is 0.309 e. The van der Waals surface area contributed by atoms with Gasteiger partial charge in [0.25, 0.3) is 5.91 Å². The summed E-state index contributed by atoms with van der Waals surface area (Å²) in [6, 6.07) is 24.3. The minimum absolute atomic E-state index is 0.265. The van der Waals surface area contributed by atoms with Crippen LogP contribution >= 0.6 is 11.8 Å². The first-order valence-corrected chi connectivity index (χ1v) is 14.5. The number of thioether (sulfide) groups is 1. The van der Waals surface area contributed by atoms with Gasteiger partial charge in [0.1, 0.15) is 11.6 Å². The predicted molar refractivity (Wildman–Crippen MR) is 163 cm³/mol. The van der Waals surface area contributed by atoms with Gasteiger partial charge in [0.05, 0.1) is 23.3 Å². The number of para-hydroxylation sites is 1. The van der Waals surface area contributed by atoms with E-state index in [0.717, 1.165) is 76.0 Å². The van der Waals surface area contributed by atoms with Crippen LogP contribution in [0.4, 0.5) is 16.2 Å². The topological polar surface area (TPSA) is 74.6 Å². The minimum atomic E-state index is -0.564. The van der Waals surface area contributed by atoms with Crippen molar-refractivity contribution in [2.75, 3.05) is 18.6 Å². The highest BCUT2D eigenvalue weighted by Gasteiger charge is 2.40. The molecule has 0 aromatic heterocycles. The third kappa shape index (κ3) is 5.68. The van der Waals surface area contributed by atoms with Gasteiger partial charge in [0.2, 0.25) is 0 Å². The average Bonchev–Trinajstić information content (AvgIpc) is 2.96. The fourth-order valence-electron chi connectivity index (χ4n) is 5.06. The van der Waals surface area contributed by atoms with Crippen molar-refractivity contribution in [2.24, 2.45) is 10.1 Å². The number of hydrogen-bond donors (Lipinski definition) is 0. The third-order valence-corrected chi connectivity index (χ3v) is 8.10. The maximum absolute atomic E-state index is 12.7. The number of ether oxygens (including phenoxy) is 1. The summed E-state index contributed by atoms with van der Waals surface area (Å²) in [6.45, 7) is 6.72. The molecule has 0 fully saturated rings. The van der Waals surface area contributed by atoms with Gasteiger partial charge in [-0.3, -0.25) is 9.59 Å². The second kappa shape index (κ2) is 11.7. The molecule has 3 aromatic rings. The van der Waals surface area contributed by atoms with Crippen LogP contribution in [0, 0.1) is 0 Å². The fourth-order valence-corrected chi connectivity index (χ4v) is 5.98. The molecule has 5 rings (SSSR count). The second-order valence-corrected chi connectivity index (χ2v) is 12.0. The lowest BCUT2D eigenvalue weighted by molar-refractivity contribution is -0.127. The highest BCUT2D eigenvalue weighted by molar-refractivity contribution is 8.15. The average molecular weight is 555 g/mol. The molecule has 0 unspecified atom stereocenters. The molecule has 0 saturated heterocycles. The van der Waals surface area contributed by atoms with Crippen molar-refractivity contribution in [1.82, 2.24) is 5.01 Å². The lowest BCUT2D eigenvalue weighted by atomic mass is 9.93. The highest BCUT2D eigenvalue weighted by atomic mass is 32.2. The van der Waals surface area contributed by atoms with E-state index in [1.54, 1.807) is 7.11 Å². The predicted octanol–water partition coefficient (Wildman–Crippen LogP) is 7.20. The van der Waals surface area contributed by atoms with Crippen LogP contribution in [0.5, 0.6) is 5.75 Å². The number of hydrogen-bond acceptors (Lipinski definition) is 6. The van der Waals surface area contributed by atoms with Gasteiger partial charge in [0, 0.05) is 24.2 Å². The monoisotopic (exact) mass is 554 g/mol. The van der Waals surface area contributed by atoms with Crippen molar-refractivity contribution in [3.63, 3.8) is 0 Å². The number of carbonyl (C=O) groups excluding carboxylic acids is 2. The van der Waals surface area contributed by atoms with Crippen molar-refractivity contribution in [3.05, 3.63) is 89.5 Å². The lowest BCUT2D eigenvalue weighted by Gasteiger charge is -2.35. The van der Waals surface area contributed by atoms with Gasteiger partial charge in [-0.15, -0.1) is 0 Å². The van der Waals surface area contributed by atoms with Gasteiger partial charge >= 0.3 is 5.24 Å². The molecule has 206 valence electrons. The van der Waals surface area contributed by atoms with Crippen LogP contribution in [0.25, 0.3) is 0 Å². The van der Waals surface area contributed by atoms with E-state index in [0.29, 0.717) is 6.42 Å². The molecule has 2 heterocycles. The molecule has 2 amide bonds. The quantitative estimate of drug-likeness (QED) is 0.238. The summed E-state index contributed by atoms with van der Waals surface area (Å²) < 4.78 is 4.82. The number of amides is 2. The first-order valence-electron chi connectivity index (χ1n) is 13.6. The zero-order valence-electron chi connectivity index (χ0n) is 23.4. The van der Waals surface area contributed by atoms with E-state index in [1.165, 1.54) is 5.56 Å². The van der Waals surface area contributed by atoms with Crippen LogP contribution in [0.3, 0.4) is 0 Å². The Hall–Kier alpha value is -3.91. The summed E-state index contributed by atoms with van der Waals surface area (Å²) in [5.74, 6) is 1.40. The SMILES string of the molecule is CCCC(=O)N1N=C(c2ccc3c(c2)CCCN3/C(=N\c2ccccc2)c2ccc(OC)cc2)C(C)(C)SC1=O. The van der Waals surface area contributed by atoms with E-state index in [9.17, 15) is 9.59 Å². The zero-order chi connectivity index (χ0) is 28.3. The summed E-state index contributed by atoms with van der Waals surface area (Å²) in [5, 5.41) is 5.34. The largest absolute Gasteiger partial charge is 0.497 e. The Balaban J connectivity index is 1.56. The molecule has 0 atom stereocenters. The number of imide groups is 1. The number of rotatable bonds is 6. The van der Waals surface area contributed by atoms with Crippen molar-refractivity contribution >= 4 is 45.8 Å². The first-order chi connectivity index (χ1) is 19.3. The number of nitrogens with zero attached hydrogens (tertiary/aromatic N) is 4. The summed E-state index contributed by atoms with van der Waals surface area (Å²) in [6.07, 6.45) is 2.83. The van der Waals surface area contributed by atoms with Crippen LogP contribution in [-0.2, 0) is 11.2 Å². The Morgan fingerprint density at radius 3 is 2.52 bits per heavy atom. The van der Waals surface area contributed by atoms with E-state index in [4.69, 9.17) is 9.73 Å². The molecule has 0 bridgehead atoms. The number of anilines is 1. The van der Waals surface area contributed by atoms with Crippen molar-refractivity contribution in [1.29, 1.82) is 0 Å². The Kier molecular flexibility index (Phi) is 8.07. The van der Waals surface area contributed by atoms with E-state index in [-0.39, 0.29) is 17.6 Å². The number of amidine groups is 1. The Morgan fingerprint density at radius 2 is 1.82 bits per heavy atom.